The number of anilines is 2. The van der Waals surface area contributed by atoms with Gasteiger partial charge in [-0.25, -0.2) is 9.37 Å². The predicted octanol–water partition coefficient (Wildman–Crippen LogP) is 1.88. The molecule has 0 spiro atoms. The topological polar surface area (TPSA) is 61.8 Å². The van der Waals surface area contributed by atoms with E-state index in [9.17, 15) is 9.18 Å². The lowest BCUT2D eigenvalue weighted by atomic mass is 10.1. The molecule has 0 bridgehead atoms. The summed E-state index contributed by atoms with van der Waals surface area (Å²) < 4.78 is 19.8. The molecule has 0 saturated carbocycles. The number of carbonyl (C=O) groups is 1. The van der Waals surface area contributed by atoms with Gasteiger partial charge in [0.15, 0.2) is 0 Å². The first-order valence-corrected chi connectivity index (χ1v) is 9.70. The van der Waals surface area contributed by atoms with Crippen LogP contribution < -0.4 is 9.80 Å². The Kier molecular flexibility index (Phi) is 6.46. The molecule has 8 heteroatoms. The third-order valence-corrected chi connectivity index (χ3v) is 5.27. The summed E-state index contributed by atoms with van der Waals surface area (Å²) in [6, 6.07) is 1.71. The van der Waals surface area contributed by atoms with Gasteiger partial charge in [0.25, 0.3) is 0 Å². The van der Waals surface area contributed by atoms with Gasteiger partial charge in [-0.1, -0.05) is 0 Å². The van der Waals surface area contributed by atoms with Crippen LogP contribution in [-0.4, -0.2) is 79.9 Å². The minimum absolute atomic E-state index is 0.0202. The Hall–Kier alpha value is -1.96. The number of ether oxygens (including phenoxy) is 1. The zero-order chi connectivity index (χ0) is 19.4. The molecule has 1 aromatic heterocycles. The van der Waals surface area contributed by atoms with Crippen molar-refractivity contribution in [3.8, 4) is 0 Å². The van der Waals surface area contributed by atoms with Crippen LogP contribution in [0.2, 0.25) is 0 Å². The molecule has 1 aromatic rings. The van der Waals surface area contributed by atoms with Crippen LogP contribution in [0.5, 0.6) is 0 Å². The molecule has 0 aliphatic carbocycles. The molecule has 27 heavy (non-hydrogen) atoms. The highest BCUT2D eigenvalue weighted by Gasteiger charge is 2.35. The lowest BCUT2D eigenvalue weighted by molar-refractivity contribution is -0.134. The molecule has 0 aromatic carbocycles. The Morgan fingerprint density at radius 2 is 2.19 bits per heavy atom. The minimum atomic E-state index is -0.919. The van der Waals surface area contributed by atoms with E-state index in [2.05, 4.69) is 9.97 Å². The molecule has 3 rings (SSSR count). The highest BCUT2D eigenvalue weighted by Crippen LogP contribution is 2.27. The largest absolute Gasteiger partial charge is 0.378 e. The molecule has 0 N–H and O–H groups in total. The van der Waals surface area contributed by atoms with Crippen LogP contribution in [0.1, 0.15) is 32.1 Å². The summed E-state index contributed by atoms with van der Waals surface area (Å²) in [5, 5.41) is 0. The van der Waals surface area contributed by atoms with Crippen molar-refractivity contribution in [1.29, 1.82) is 0 Å². The number of amides is 1. The van der Waals surface area contributed by atoms with E-state index < -0.39 is 6.17 Å². The van der Waals surface area contributed by atoms with Crippen LogP contribution in [0.15, 0.2) is 12.3 Å². The van der Waals surface area contributed by atoms with E-state index in [1.54, 1.807) is 24.2 Å². The zero-order valence-electron chi connectivity index (χ0n) is 16.5. The van der Waals surface area contributed by atoms with Gasteiger partial charge in [-0.3, -0.25) is 4.79 Å². The maximum absolute atomic E-state index is 14.2. The fraction of sp³-hybridized carbons (Fsp3) is 0.737. The Morgan fingerprint density at radius 3 is 2.89 bits per heavy atom. The molecule has 1 unspecified atom stereocenters. The third-order valence-electron chi connectivity index (χ3n) is 5.27. The quantitative estimate of drug-likeness (QED) is 0.752. The number of alkyl halides is 1. The molecule has 3 atom stereocenters. The summed E-state index contributed by atoms with van der Waals surface area (Å²) in [4.78, 5) is 26.8. The normalized spacial score (nSPS) is 25.5. The standard InChI is InChI=1S/C19H30FN5O2/c1-23(2)19-21-8-7-17(22-19)25-12-14(20)10-15(25)13-24(3)18(26)11-16-6-4-5-9-27-16/h7-8,14-16H,4-6,9-13H2,1-3H3/t14-,15-,16?/m0/s1. The predicted molar refractivity (Wildman–Crippen MR) is 103 cm³/mol. The third kappa shape index (κ3) is 5.06. The second kappa shape index (κ2) is 8.82. The van der Waals surface area contributed by atoms with Gasteiger partial charge in [0.2, 0.25) is 11.9 Å². The first-order valence-electron chi connectivity index (χ1n) is 9.70. The van der Waals surface area contributed by atoms with Crippen molar-refractivity contribution in [2.45, 2.75) is 50.4 Å². The molecule has 0 radical (unpaired) electrons. The lowest BCUT2D eigenvalue weighted by Crippen LogP contribution is -2.42. The molecule has 2 saturated heterocycles. The number of carbonyl (C=O) groups excluding carboxylic acids is 1. The average molecular weight is 379 g/mol. The number of likely N-dealkylation sites (N-methyl/N-ethyl adjacent to an activating group) is 1. The van der Waals surface area contributed by atoms with Crippen molar-refractivity contribution in [2.75, 3.05) is 50.6 Å². The SMILES string of the molecule is CN(C[C@@H]1C[C@H](F)CN1c1ccnc(N(C)C)n1)C(=O)CC1CCCCO1. The summed E-state index contributed by atoms with van der Waals surface area (Å²) in [7, 11) is 5.54. The second-order valence-corrected chi connectivity index (χ2v) is 7.72. The summed E-state index contributed by atoms with van der Waals surface area (Å²) in [6.45, 7) is 1.51. The minimum Gasteiger partial charge on any atom is -0.378 e. The van der Waals surface area contributed by atoms with E-state index in [0.29, 0.717) is 37.7 Å². The van der Waals surface area contributed by atoms with Crippen molar-refractivity contribution in [2.24, 2.45) is 0 Å². The van der Waals surface area contributed by atoms with Crippen molar-refractivity contribution in [3.63, 3.8) is 0 Å². The summed E-state index contributed by atoms with van der Waals surface area (Å²) in [5.74, 6) is 1.35. The number of halogens is 1. The zero-order valence-corrected chi connectivity index (χ0v) is 16.5. The van der Waals surface area contributed by atoms with Gasteiger partial charge in [0.05, 0.1) is 25.1 Å². The van der Waals surface area contributed by atoms with Crippen LogP contribution in [0, 0.1) is 0 Å². The van der Waals surface area contributed by atoms with Crippen molar-refractivity contribution < 1.29 is 13.9 Å². The lowest BCUT2D eigenvalue weighted by Gasteiger charge is -2.30. The van der Waals surface area contributed by atoms with Gasteiger partial charge in [-0.05, 0) is 25.3 Å². The molecular weight excluding hydrogens is 349 g/mol. The van der Waals surface area contributed by atoms with Crippen LogP contribution in [0.4, 0.5) is 16.2 Å². The van der Waals surface area contributed by atoms with Crippen LogP contribution in [-0.2, 0) is 9.53 Å². The number of aromatic nitrogens is 2. The maximum Gasteiger partial charge on any atom is 0.226 e. The molecule has 1 amide bonds. The van der Waals surface area contributed by atoms with Crippen molar-refractivity contribution in [3.05, 3.63) is 12.3 Å². The highest BCUT2D eigenvalue weighted by molar-refractivity contribution is 5.76. The Morgan fingerprint density at radius 1 is 1.37 bits per heavy atom. The molecular formula is C19H30FN5O2. The van der Waals surface area contributed by atoms with Gasteiger partial charge in [0.1, 0.15) is 12.0 Å². The van der Waals surface area contributed by atoms with E-state index in [1.165, 1.54) is 0 Å². The van der Waals surface area contributed by atoms with E-state index in [0.717, 1.165) is 25.9 Å². The van der Waals surface area contributed by atoms with Crippen molar-refractivity contribution >= 4 is 17.7 Å². The molecule has 3 heterocycles. The Bertz CT molecular complexity index is 638. The van der Waals surface area contributed by atoms with Gasteiger partial charge >= 0.3 is 0 Å². The number of hydrogen-bond acceptors (Lipinski definition) is 6. The first-order chi connectivity index (χ1) is 12.9. The average Bonchev–Trinajstić information content (AvgIpc) is 3.02. The van der Waals surface area contributed by atoms with Crippen LogP contribution in [0.3, 0.4) is 0 Å². The van der Waals surface area contributed by atoms with E-state index in [1.807, 2.05) is 23.9 Å². The van der Waals surface area contributed by atoms with Gasteiger partial charge in [-0.2, -0.15) is 4.98 Å². The first kappa shape index (κ1) is 19.8. The number of rotatable bonds is 6. The van der Waals surface area contributed by atoms with E-state index in [4.69, 9.17) is 4.74 Å². The number of nitrogens with zero attached hydrogens (tertiary/aromatic N) is 5. The second-order valence-electron chi connectivity index (χ2n) is 7.72. The summed E-state index contributed by atoms with van der Waals surface area (Å²) in [5.41, 5.74) is 0. The summed E-state index contributed by atoms with van der Waals surface area (Å²) in [6.07, 6.45) is 4.72. The highest BCUT2D eigenvalue weighted by atomic mass is 19.1. The monoisotopic (exact) mass is 379 g/mol. The Balaban J connectivity index is 1.63. The van der Waals surface area contributed by atoms with E-state index in [-0.39, 0.29) is 18.1 Å². The van der Waals surface area contributed by atoms with Crippen LogP contribution >= 0.6 is 0 Å². The molecule has 7 nitrogen and oxygen atoms in total. The fourth-order valence-electron chi connectivity index (χ4n) is 3.76. The van der Waals surface area contributed by atoms with Gasteiger partial charge in [0, 0.05) is 46.9 Å². The smallest absolute Gasteiger partial charge is 0.226 e. The fourth-order valence-corrected chi connectivity index (χ4v) is 3.76. The maximum atomic E-state index is 14.2. The molecule has 150 valence electrons. The van der Waals surface area contributed by atoms with E-state index >= 15 is 0 Å². The van der Waals surface area contributed by atoms with Gasteiger partial charge in [-0.15, -0.1) is 0 Å². The molecule has 2 fully saturated rings. The summed E-state index contributed by atoms with van der Waals surface area (Å²) >= 11 is 0. The Labute approximate surface area is 160 Å². The van der Waals surface area contributed by atoms with Gasteiger partial charge < -0.3 is 19.4 Å². The molecule has 2 aliphatic heterocycles. The van der Waals surface area contributed by atoms with Crippen LogP contribution in [0.25, 0.3) is 0 Å². The molecule has 2 aliphatic rings. The van der Waals surface area contributed by atoms with Crippen molar-refractivity contribution in [1.82, 2.24) is 14.9 Å². The number of hydrogen-bond donors (Lipinski definition) is 0.